The van der Waals surface area contributed by atoms with Gasteiger partial charge in [0.2, 0.25) is 0 Å². The summed E-state index contributed by atoms with van der Waals surface area (Å²) in [5.41, 5.74) is -0.277. The molecule has 30 heavy (non-hydrogen) atoms. The van der Waals surface area contributed by atoms with Gasteiger partial charge in [-0.15, -0.1) is 0 Å². The Hall–Kier alpha value is -0.990. The summed E-state index contributed by atoms with van der Waals surface area (Å²) < 4.78 is 25.0. The normalized spacial score (nSPS) is 24.0. The summed E-state index contributed by atoms with van der Waals surface area (Å²) in [7, 11) is -1.12. The highest BCUT2D eigenvalue weighted by molar-refractivity contribution is 6.66. The Bertz CT molecular complexity index is 693. The third-order valence-electron chi connectivity index (χ3n) is 6.90. The molecule has 0 radical (unpaired) electrons. The molecule has 0 bridgehead atoms. The Morgan fingerprint density at radius 3 is 1.70 bits per heavy atom. The van der Waals surface area contributed by atoms with E-state index < -0.39 is 36.6 Å². The van der Waals surface area contributed by atoms with Crippen molar-refractivity contribution < 1.29 is 18.6 Å². The summed E-state index contributed by atoms with van der Waals surface area (Å²) >= 11 is 0. The lowest BCUT2D eigenvalue weighted by atomic mass is 9.62. The molecule has 0 aromatic heterocycles. The van der Waals surface area contributed by atoms with Crippen LogP contribution in [0.2, 0.25) is 0 Å². The van der Waals surface area contributed by atoms with E-state index in [0.717, 1.165) is 18.3 Å². The van der Waals surface area contributed by atoms with Crippen LogP contribution in [0.15, 0.2) is 23.6 Å². The Labute approximate surface area is 185 Å². The van der Waals surface area contributed by atoms with Crippen LogP contribution >= 0.6 is 0 Å². The van der Waals surface area contributed by atoms with Crippen LogP contribution in [0.25, 0.3) is 0 Å². The third kappa shape index (κ3) is 5.43. The van der Waals surface area contributed by atoms with Gasteiger partial charge >= 0.3 is 14.2 Å². The molecule has 4 nitrogen and oxygen atoms in total. The van der Waals surface area contributed by atoms with Gasteiger partial charge < -0.3 is 18.6 Å². The van der Waals surface area contributed by atoms with Gasteiger partial charge in [-0.05, 0) is 78.8 Å². The molecule has 0 N–H and O–H groups in total. The monoisotopic (exact) mass is 414 g/mol. The molecule has 166 valence electrons. The van der Waals surface area contributed by atoms with Gasteiger partial charge in [-0.25, -0.2) is 0 Å². The van der Waals surface area contributed by atoms with E-state index in [1.165, 1.54) is 19.3 Å². The minimum absolute atomic E-state index is 0.438. The maximum atomic E-state index is 6.29. The quantitative estimate of drug-likeness (QED) is 0.232. The van der Waals surface area contributed by atoms with Crippen LogP contribution in [0, 0.1) is 11.8 Å². The predicted octanol–water partition coefficient (Wildman–Crippen LogP) is 5.71. The zero-order chi connectivity index (χ0) is 22.8. The fourth-order valence-electron chi connectivity index (χ4n) is 3.24. The molecular formula is C24H40B2O4. The molecule has 2 aliphatic heterocycles. The van der Waals surface area contributed by atoms with E-state index in [-0.39, 0.29) is 0 Å². The maximum Gasteiger partial charge on any atom is 0.495 e. The molecule has 2 rings (SSSR count). The molecule has 0 aromatic rings. The van der Waals surface area contributed by atoms with Crippen molar-refractivity contribution in [2.24, 2.45) is 0 Å². The zero-order valence-corrected chi connectivity index (χ0v) is 20.6. The summed E-state index contributed by atoms with van der Waals surface area (Å²) in [4.78, 5) is 0. The van der Waals surface area contributed by atoms with Crippen LogP contribution in [-0.4, -0.2) is 36.6 Å². The first-order chi connectivity index (χ1) is 13.7. The minimum Gasteiger partial charge on any atom is -0.399 e. The van der Waals surface area contributed by atoms with Gasteiger partial charge in [0.05, 0.1) is 22.4 Å². The highest BCUT2D eigenvalue weighted by Crippen LogP contribution is 2.43. The van der Waals surface area contributed by atoms with E-state index in [1.54, 1.807) is 0 Å². The average Bonchev–Trinajstić information content (AvgIpc) is 2.96. The van der Waals surface area contributed by atoms with E-state index >= 15 is 0 Å². The SMILES string of the molecule is C=C(B1OC(C)(C)C(C)(C)O1)/C(=C/C#CCCCCCC)B1OC(C)(C)C(C)(C)O1. The molecule has 0 saturated carbocycles. The lowest BCUT2D eigenvalue weighted by Crippen LogP contribution is -2.41. The molecule has 2 saturated heterocycles. The number of rotatable bonds is 7. The summed E-state index contributed by atoms with van der Waals surface area (Å²) in [5, 5.41) is 0. The van der Waals surface area contributed by atoms with Crippen molar-refractivity contribution in [3.8, 4) is 11.8 Å². The summed E-state index contributed by atoms with van der Waals surface area (Å²) in [6.45, 7) is 22.8. The van der Waals surface area contributed by atoms with Crippen molar-refractivity contribution >= 4 is 14.2 Å². The van der Waals surface area contributed by atoms with Crippen molar-refractivity contribution in [3.63, 3.8) is 0 Å². The second kappa shape index (κ2) is 9.25. The molecule has 0 aliphatic carbocycles. The smallest absolute Gasteiger partial charge is 0.399 e. The van der Waals surface area contributed by atoms with E-state index in [9.17, 15) is 0 Å². The van der Waals surface area contributed by atoms with Gasteiger partial charge in [-0.2, -0.15) is 0 Å². The summed E-state index contributed by atoms with van der Waals surface area (Å²) in [5.74, 6) is 6.45. The van der Waals surface area contributed by atoms with Crippen molar-refractivity contribution in [3.05, 3.63) is 23.6 Å². The van der Waals surface area contributed by atoms with Gasteiger partial charge in [0.1, 0.15) is 0 Å². The maximum absolute atomic E-state index is 6.29. The van der Waals surface area contributed by atoms with Crippen LogP contribution in [0.4, 0.5) is 0 Å². The van der Waals surface area contributed by atoms with Gasteiger partial charge in [-0.1, -0.05) is 44.6 Å². The molecule has 0 amide bonds. The Morgan fingerprint density at radius 1 is 0.767 bits per heavy atom. The molecule has 2 fully saturated rings. The van der Waals surface area contributed by atoms with E-state index in [0.29, 0.717) is 5.47 Å². The fraction of sp³-hybridized carbons (Fsp3) is 0.750. The minimum atomic E-state index is -0.563. The first-order valence-corrected chi connectivity index (χ1v) is 11.3. The summed E-state index contributed by atoms with van der Waals surface area (Å²) in [6.07, 6.45) is 7.59. The lowest BCUT2D eigenvalue weighted by molar-refractivity contribution is 0.00578. The predicted molar refractivity (Wildman–Crippen MR) is 126 cm³/mol. The molecule has 0 aromatic carbocycles. The molecule has 2 aliphatic rings. The van der Waals surface area contributed by atoms with Crippen molar-refractivity contribution in [1.29, 1.82) is 0 Å². The van der Waals surface area contributed by atoms with Crippen LogP contribution in [-0.2, 0) is 18.6 Å². The standard InChI is InChI=1S/C24H40B2O4/c1-11-12-13-14-15-16-17-18-20(26-29-23(7,8)24(9,10)30-26)19(2)25-27-21(3,4)22(5,6)28-25/h18H,2,11-15H2,1,3-10H3/b20-18-. The van der Waals surface area contributed by atoms with E-state index in [2.05, 4.69) is 25.3 Å². The first-order valence-electron chi connectivity index (χ1n) is 11.3. The van der Waals surface area contributed by atoms with Crippen molar-refractivity contribution in [2.75, 3.05) is 0 Å². The molecule has 0 spiro atoms. The van der Waals surface area contributed by atoms with Gasteiger partial charge in [0.15, 0.2) is 0 Å². The van der Waals surface area contributed by atoms with Gasteiger partial charge in [0, 0.05) is 6.42 Å². The van der Waals surface area contributed by atoms with Crippen LogP contribution in [0.1, 0.15) is 94.4 Å². The van der Waals surface area contributed by atoms with Gasteiger partial charge in [-0.3, -0.25) is 0 Å². The third-order valence-corrected chi connectivity index (χ3v) is 6.90. The fourth-order valence-corrected chi connectivity index (χ4v) is 3.24. The van der Waals surface area contributed by atoms with Gasteiger partial charge in [0.25, 0.3) is 0 Å². The summed E-state index contributed by atoms with van der Waals surface area (Å²) in [6, 6.07) is 0. The number of unbranched alkanes of at least 4 members (excludes halogenated alkanes) is 4. The van der Waals surface area contributed by atoms with Crippen molar-refractivity contribution in [1.82, 2.24) is 0 Å². The molecule has 2 heterocycles. The second-order valence-electron chi connectivity index (χ2n) is 10.4. The zero-order valence-electron chi connectivity index (χ0n) is 20.6. The molecule has 6 heteroatoms. The van der Waals surface area contributed by atoms with E-state index in [4.69, 9.17) is 18.6 Å². The topological polar surface area (TPSA) is 36.9 Å². The molecular weight excluding hydrogens is 374 g/mol. The average molecular weight is 414 g/mol. The first kappa shape index (κ1) is 25.3. The molecule has 0 atom stereocenters. The van der Waals surface area contributed by atoms with Crippen LogP contribution in [0.5, 0.6) is 0 Å². The highest BCUT2D eigenvalue weighted by atomic mass is 16.7. The number of hydrogen-bond donors (Lipinski definition) is 0. The number of allylic oxidation sites excluding steroid dienone is 3. The van der Waals surface area contributed by atoms with Crippen LogP contribution < -0.4 is 0 Å². The van der Waals surface area contributed by atoms with Crippen LogP contribution in [0.3, 0.4) is 0 Å². The second-order valence-corrected chi connectivity index (χ2v) is 10.4. The number of hydrogen-bond acceptors (Lipinski definition) is 4. The molecule has 0 unspecified atom stereocenters. The lowest BCUT2D eigenvalue weighted by Gasteiger charge is -2.32. The largest absolute Gasteiger partial charge is 0.495 e. The Kier molecular flexibility index (Phi) is 7.79. The Balaban J connectivity index is 2.23. The highest BCUT2D eigenvalue weighted by Gasteiger charge is 2.56. The van der Waals surface area contributed by atoms with E-state index in [1.807, 2.05) is 61.5 Å². The Morgan fingerprint density at radius 2 is 1.23 bits per heavy atom. The van der Waals surface area contributed by atoms with Crippen molar-refractivity contribution in [2.45, 2.75) is 117 Å².